The zero-order valence-corrected chi connectivity index (χ0v) is 11.5. The second-order valence-electron chi connectivity index (χ2n) is 4.39. The quantitative estimate of drug-likeness (QED) is 0.825. The van der Waals surface area contributed by atoms with Gasteiger partial charge in [0.05, 0.1) is 25.7 Å². The number of likely N-dealkylation sites (N-methyl/N-ethyl adjacent to an activating group) is 1. The Kier molecular flexibility index (Phi) is 4.68. The number of nitrogens with one attached hydrogen (secondary N) is 2. The summed E-state index contributed by atoms with van der Waals surface area (Å²) in [6.07, 6.45) is 1.83. The molecule has 0 aliphatic carbocycles. The first-order valence-electron chi connectivity index (χ1n) is 6.21. The number of carbonyl (C=O) groups excluding carboxylic acids is 1. The van der Waals surface area contributed by atoms with Crippen molar-refractivity contribution in [2.24, 2.45) is 5.92 Å². The van der Waals surface area contributed by atoms with Crippen molar-refractivity contribution in [1.29, 1.82) is 0 Å². The third-order valence-corrected chi connectivity index (χ3v) is 3.88. The van der Waals surface area contributed by atoms with Crippen molar-refractivity contribution in [2.75, 3.05) is 19.8 Å². The standard InChI is InChI=1S/C12H19N3O2S/c1-3-13-10-7-17-6-9(10)12(16)15-5-11-14-4-8(2)18-11/h4,9-10,13H,3,5-7H2,1-2H3,(H,15,16). The van der Waals surface area contributed by atoms with Crippen LogP contribution in [0.2, 0.25) is 0 Å². The van der Waals surface area contributed by atoms with Crippen LogP contribution in [0.3, 0.4) is 0 Å². The maximum Gasteiger partial charge on any atom is 0.227 e. The first kappa shape index (κ1) is 13.5. The fraction of sp³-hybridized carbons (Fsp3) is 0.667. The minimum atomic E-state index is -0.0917. The number of hydrogen-bond donors (Lipinski definition) is 2. The molecule has 2 atom stereocenters. The normalized spacial score (nSPS) is 23.2. The molecule has 5 nitrogen and oxygen atoms in total. The van der Waals surface area contributed by atoms with Gasteiger partial charge in [-0.3, -0.25) is 4.79 Å². The van der Waals surface area contributed by atoms with Crippen LogP contribution in [0.15, 0.2) is 6.20 Å². The summed E-state index contributed by atoms with van der Waals surface area (Å²) in [5.41, 5.74) is 0. The average Bonchev–Trinajstić information content (AvgIpc) is 2.96. The summed E-state index contributed by atoms with van der Waals surface area (Å²) in [4.78, 5) is 17.4. The molecule has 6 heteroatoms. The van der Waals surface area contributed by atoms with E-state index in [0.717, 1.165) is 16.4 Å². The number of amides is 1. The first-order valence-corrected chi connectivity index (χ1v) is 7.02. The van der Waals surface area contributed by atoms with Crippen LogP contribution < -0.4 is 10.6 Å². The molecule has 1 aliphatic heterocycles. The van der Waals surface area contributed by atoms with Gasteiger partial charge in [0, 0.05) is 17.1 Å². The van der Waals surface area contributed by atoms with E-state index in [0.29, 0.717) is 19.8 Å². The van der Waals surface area contributed by atoms with E-state index in [1.54, 1.807) is 11.3 Å². The van der Waals surface area contributed by atoms with Gasteiger partial charge in [-0.05, 0) is 13.5 Å². The predicted molar refractivity (Wildman–Crippen MR) is 70.5 cm³/mol. The number of ether oxygens (including phenoxy) is 1. The zero-order valence-electron chi connectivity index (χ0n) is 10.7. The van der Waals surface area contributed by atoms with E-state index in [2.05, 4.69) is 15.6 Å². The van der Waals surface area contributed by atoms with Crippen LogP contribution in [0.4, 0.5) is 0 Å². The lowest BCUT2D eigenvalue weighted by atomic mass is 10.0. The first-order chi connectivity index (χ1) is 8.70. The van der Waals surface area contributed by atoms with Crippen LogP contribution in [-0.4, -0.2) is 36.7 Å². The molecule has 0 spiro atoms. The molecule has 1 aromatic rings. The fourth-order valence-electron chi connectivity index (χ4n) is 2.05. The Balaban J connectivity index is 1.83. The van der Waals surface area contributed by atoms with Crippen molar-refractivity contribution >= 4 is 17.2 Å². The predicted octanol–water partition coefficient (Wildman–Crippen LogP) is 0.692. The molecule has 100 valence electrons. The summed E-state index contributed by atoms with van der Waals surface area (Å²) < 4.78 is 5.36. The third-order valence-electron chi connectivity index (χ3n) is 2.97. The molecule has 18 heavy (non-hydrogen) atoms. The smallest absolute Gasteiger partial charge is 0.227 e. The molecule has 1 amide bonds. The number of aromatic nitrogens is 1. The monoisotopic (exact) mass is 269 g/mol. The highest BCUT2D eigenvalue weighted by Crippen LogP contribution is 2.15. The SMILES string of the molecule is CCNC1COCC1C(=O)NCc1ncc(C)s1. The molecule has 0 aromatic carbocycles. The van der Waals surface area contributed by atoms with Gasteiger partial charge in [-0.25, -0.2) is 4.98 Å². The van der Waals surface area contributed by atoms with Gasteiger partial charge >= 0.3 is 0 Å². The highest BCUT2D eigenvalue weighted by Gasteiger charge is 2.33. The molecule has 1 aliphatic rings. The molecule has 2 rings (SSSR count). The van der Waals surface area contributed by atoms with Crippen molar-refractivity contribution in [3.05, 3.63) is 16.1 Å². The molecule has 1 fully saturated rings. The van der Waals surface area contributed by atoms with Crippen molar-refractivity contribution in [3.8, 4) is 0 Å². The second-order valence-corrected chi connectivity index (χ2v) is 5.71. The molecule has 0 radical (unpaired) electrons. The fourth-order valence-corrected chi connectivity index (χ4v) is 2.78. The Morgan fingerprint density at radius 2 is 2.44 bits per heavy atom. The van der Waals surface area contributed by atoms with E-state index in [1.165, 1.54) is 0 Å². The van der Waals surface area contributed by atoms with Gasteiger partial charge < -0.3 is 15.4 Å². The molecule has 1 saturated heterocycles. The highest BCUT2D eigenvalue weighted by atomic mass is 32.1. The number of rotatable bonds is 5. The number of thiazole rings is 1. The van der Waals surface area contributed by atoms with Gasteiger partial charge in [0.2, 0.25) is 5.91 Å². The third kappa shape index (κ3) is 3.28. The lowest BCUT2D eigenvalue weighted by Crippen LogP contribution is -2.43. The number of carbonyl (C=O) groups is 1. The van der Waals surface area contributed by atoms with Crippen molar-refractivity contribution in [2.45, 2.75) is 26.4 Å². The average molecular weight is 269 g/mol. The molecule has 1 aromatic heterocycles. The summed E-state index contributed by atoms with van der Waals surface area (Å²) in [6.45, 7) is 6.51. The number of nitrogens with zero attached hydrogens (tertiary/aromatic N) is 1. The van der Waals surface area contributed by atoms with Gasteiger partial charge in [-0.15, -0.1) is 11.3 Å². The van der Waals surface area contributed by atoms with Crippen molar-refractivity contribution in [3.63, 3.8) is 0 Å². The van der Waals surface area contributed by atoms with Crippen molar-refractivity contribution in [1.82, 2.24) is 15.6 Å². The van der Waals surface area contributed by atoms with Gasteiger partial charge in [-0.1, -0.05) is 6.92 Å². The minimum Gasteiger partial charge on any atom is -0.379 e. The molecular weight excluding hydrogens is 250 g/mol. The Morgan fingerprint density at radius 3 is 3.11 bits per heavy atom. The lowest BCUT2D eigenvalue weighted by Gasteiger charge is -2.17. The summed E-state index contributed by atoms with van der Waals surface area (Å²) in [7, 11) is 0. The summed E-state index contributed by atoms with van der Waals surface area (Å²) in [5.74, 6) is -0.0442. The van der Waals surface area contributed by atoms with Gasteiger partial charge in [-0.2, -0.15) is 0 Å². The van der Waals surface area contributed by atoms with Crippen LogP contribution in [0.1, 0.15) is 16.8 Å². The summed E-state index contributed by atoms with van der Waals surface area (Å²) >= 11 is 1.61. The number of aryl methyl sites for hydroxylation is 1. The molecular formula is C12H19N3O2S. The molecule has 0 saturated carbocycles. The van der Waals surface area contributed by atoms with E-state index in [9.17, 15) is 4.79 Å². The topological polar surface area (TPSA) is 63.2 Å². The Bertz CT molecular complexity index is 408. The molecule has 0 bridgehead atoms. The molecule has 2 heterocycles. The van der Waals surface area contributed by atoms with E-state index in [-0.39, 0.29) is 17.9 Å². The van der Waals surface area contributed by atoms with E-state index in [4.69, 9.17) is 4.74 Å². The van der Waals surface area contributed by atoms with E-state index >= 15 is 0 Å². The maximum atomic E-state index is 12.1. The summed E-state index contributed by atoms with van der Waals surface area (Å²) in [6, 6.07) is 0.132. The van der Waals surface area contributed by atoms with Crippen LogP contribution in [0.25, 0.3) is 0 Å². The molecule has 2 unspecified atom stereocenters. The van der Waals surface area contributed by atoms with Crippen LogP contribution in [-0.2, 0) is 16.1 Å². The number of hydrogen-bond acceptors (Lipinski definition) is 5. The zero-order chi connectivity index (χ0) is 13.0. The van der Waals surface area contributed by atoms with Gasteiger partial charge in [0.25, 0.3) is 0 Å². The van der Waals surface area contributed by atoms with Gasteiger partial charge in [0.15, 0.2) is 0 Å². The second kappa shape index (κ2) is 6.26. The van der Waals surface area contributed by atoms with Crippen LogP contribution in [0.5, 0.6) is 0 Å². The Hall–Kier alpha value is -0.980. The van der Waals surface area contributed by atoms with Gasteiger partial charge in [0.1, 0.15) is 5.01 Å². The van der Waals surface area contributed by atoms with E-state index in [1.807, 2.05) is 20.0 Å². The Labute approximate surface area is 111 Å². The van der Waals surface area contributed by atoms with Crippen LogP contribution in [0, 0.1) is 12.8 Å². The minimum absolute atomic E-state index is 0.0475. The largest absolute Gasteiger partial charge is 0.379 e. The van der Waals surface area contributed by atoms with E-state index < -0.39 is 0 Å². The Morgan fingerprint density at radius 1 is 1.61 bits per heavy atom. The maximum absolute atomic E-state index is 12.1. The van der Waals surface area contributed by atoms with Crippen molar-refractivity contribution < 1.29 is 9.53 Å². The highest BCUT2D eigenvalue weighted by molar-refractivity contribution is 7.11. The molecule has 2 N–H and O–H groups in total. The summed E-state index contributed by atoms with van der Waals surface area (Å²) in [5, 5.41) is 7.15. The van der Waals surface area contributed by atoms with Crippen LogP contribution >= 0.6 is 11.3 Å². The lowest BCUT2D eigenvalue weighted by molar-refractivity contribution is -0.125.